The first-order valence-electron chi connectivity index (χ1n) is 22.2. The SMILES string of the molecule is [2H]c1c([2H])c([2H])c(-c2nc(-c3ccc4c(c3)oc3cccc(-n5c6ccccc6c6cc7c(cc65)C(C)(C)c5ccccc5-7)c34)nc(-c3c([2H])c([2H])c([2H])c([2H])c3[2H])n2)c([2H])c1[2H]. The molecule has 0 amide bonds. The summed E-state index contributed by atoms with van der Waals surface area (Å²) < 4.78 is 93.2. The maximum Gasteiger partial charge on any atom is 0.164 e. The van der Waals surface area contributed by atoms with Crippen molar-refractivity contribution in [1.82, 2.24) is 19.5 Å². The lowest BCUT2D eigenvalue weighted by atomic mass is 9.82. The number of rotatable bonds is 4. The van der Waals surface area contributed by atoms with Gasteiger partial charge in [-0.3, -0.25) is 0 Å². The maximum absolute atomic E-state index is 8.69. The molecule has 7 aromatic carbocycles. The number of nitrogens with zero attached hydrogens (tertiary/aromatic N) is 4. The minimum Gasteiger partial charge on any atom is -0.456 e. The van der Waals surface area contributed by atoms with Crippen LogP contribution in [0.3, 0.4) is 0 Å². The van der Waals surface area contributed by atoms with E-state index in [0.717, 1.165) is 38.3 Å². The van der Waals surface area contributed by atoms with Crippen molar-refractivity contribution >= 4 is 43.7 Å². The van der Waals surface area contributed by atoms with E-state index in [-0.39, 0.29) is 34.0 Å². The molecule has 0 unspecified atom stereocenters. The maximum atomic E-state index is 8.69. The van der Waals surface area contributed by atoms with Gasteiger partial charge >= 0.3 is 0 Å². The number of fused-ring (bicyclic) bond motifs is 9. The summed E-state index contributed by atoms with van der Waals surface area (Å²) in [6, 6.07) is 26.9. The third kappa shape index (κ3) is 4.40. The van der Waals surface area contributed by atoms with Crippen LogP contribution >= 0.6 is 0 Å². The number of aromatic nitrogens is 4. The second-order valence-corrected chi connectivity index (χ2v) is 13.7. The van der Waals surface area contributed by atoms with Crippen molar-refractivity contribution in [3.63, 3.8) is 0 Å². The van der Waals surface area contributed by atoms with Crippen LogP contribution in [-0.4, -0.2) is 19.5 Å². The monoisotopic (exact) mass is 690 g/mol. The molecule has 0 N–H and O–H groups in total. The Kier molecular flexibility index (Phi) is 4.49. The molecule has 0 radical (unpaired) electrons. The number of hydrogen-bond acceptors (Lipinski definition) is 4. The molecule has 1 aliphatic carbocycles. The summed E-state index contributed by atoms with van der Waals surface area (Å²) in [5.74, 6) is -0.721. The van der Waals surface area contributed by atoms with Gasteiger partial charge in [-0.15, -0.1) is 0 Å². The summed E-state index contributed by atoms with van der Waals surface area (Å²) in [5, 5.41) is 3.89. The number of para-hydroxylation sites is 1. The first kappa shape index (κ1) is 21.5. The van der Waals surface area contributed by atoms with Crippen LogP contribution < -0.4 is 0 Å². The molecular weight excluding hydrogens is 649 g/mol. The summed E-state index contributed by atoms with van der Waals surface area (Å²) in [7, 11) is 0. The van der Waals surface area contributed by atoms with Crippen LogP contribution in [-0.2, 0) is 5.41 Å². The molecule has 3 heterocycles. The van der Waals surface area contributed by atoms with Crippen LogP contribution in [0.2, 0.25) is 0 Å². The van der Waals surface area contributed by atoms with Gasteiger partial charge in [0.05, 0.1) is 35.8 Å². The normalized spacial score (nSPS) is 15.9. The molecule has 3 aromatic heterocycles. The predicted molar refractivity (Wildman–Crippen MR) is 215 cm³/mol. The zero-order chi connectivity index (χ0) is 44.0. The largest absolute Gasteiger partial charge is 0.456 e. The molecule has 5 nitrogen and oxygen atoms in total. The predicted octanol–water partition coefficient (Wildman–Crippen LogP) is 12.2. The van der Waals surface area contributed by atoms with E-state index in [0.29, 0.717) is 16.7 Å². The fourth-order valence-electron chi connectivity index (χ4n) is 8.01. The summed E-state index contributed by atoms with van der Waals surface area (Å²) in [6.45, 7) is 4.54. The van der Waals surface area contributed by atoms with Crippen LogP contribution in [0.5, 0.6) is 0 Å². The van der Waals surface area contributed by atoms with Crippen molar-refractivity contribution in [2.24, 2.45) is 0 Å². The van der Waals surface area contributed by atoms with E-state index in [1.54, 1.807) is 12.1 Å². The van der Waals surface area contributed by atoms with E-state index in [9.17, 15) is 0 Å². The molecule has 10 aromatic rings. The Morgan fingerprint density at radius 3 is 1.96 bits per heavy atom. The first-order chi connectivity index (χ1) is 30.2. The second-order valence-electron chi connectivity index (χ2n) is 13.7. The van der Waals surface area contributed by atoms with Gasteiger partial charge in [0, 0.05) is 38.3 Å². The second kappa shape index (κ2) is 11.1. The van der Waals surface area contributed by atoms with Gasteiger partial charge in [-0.05, 0) is 64.7 Å². The minimum atomic E-state index is -0.613. The van der Waals surface area contributed by atoms with Gasteiger partial charge in [-0.2, -0.15) is 0 Å². The van der Waals surface area contributed by atoms with Gasteiger partial charge in [0.15, 0.2) is 17.5 Å². The summed E-state index contributed by atoms with van der Waals surface area (Å²) in [5.41, 5.74) is 8.59. The Balaban J connectivity index is 1.14. The smallest absolute Gasteiger partial charge is 0.164 e. The lowest BCUT2D eigenvalue weighted by Gasteiger charge is -2.21. The molecule has 0 fully saturated rings. The lowest BCUT2D eigenvalue weighted by Crippen LogP contribution is -2.14. The highest BCUT2D eigenvalue weighted by Crippen LogP contribution is 2.51. The molecule has 53 heavy (non-hydrogen) atoms. The molecule has 0 aliphatic heterocycles. The van der Waals surface area contributed by atoms with Crippen molar-refractivity contribution in [3.8, 4) is 51.0 Å². The molecule has 250 valence electrons. The van der Waals surface area contributed by atoms with E-state index in [2.05, 4.69) is 94.0 Å². The molecule has 0 atom stereocenters. The number of hydrogen-bond donors (Lipinski definition) is 0. The lowest BCUT2D eigenvalue weighted by molar-refractivity contribution is 0.661. The van der Waals surface area contributed by atoms with Crippen molar-refractivity contribution in [2.75, 3.05) is 0 Å². The first-order valence-corrected chi connectivity index (χ1v) is 17.2. The molecule has 11 rings (SSSR count). The Hall–Kier alpha value is -6.85. The van der Waals surface area contributed by atoms with Crippen LogP contribution in [0, 0.1) is 0 Å². The summed E-state index contributed by atoms with van der Waals surface area (Å²) in [6.07, 6.45) is 0. The van der Waals surface area contributed by atoms with Gasteiger partial charge in [-0.25, -0.2) is 15.0 Å². The average molecular weight is 691 g/mol. The molecule has 5 heteroatoms. The van der Waals surface area contributed by atoms with Gasteiger partial charge in [0.1, 0.15) is 11.2 Å². The van der Waals surface area contributed by atoms with Gasteiger partial charge in [0.2, 0.25) is 0 Å². The highest BCUT2D eigenvalue weighted by atomic mass is 16.3. The minimum absolute atomic E-state index is 0.0453. The van der Waals surface area contributed by atoms with Crippen LogP contribution in [0.1, 0.15) is 38.7 Å². The molecule has 0 bridgehead atoms. The zero-order valence-corrected chi connectivity index (χ0v) is 28.4. The topological polar surface area (TPSA) is 56.7 Å². The van der Waals surface area contributed by atoms with E-state index in [1.807, 2.05) is 24.3 Å². The van der Waals surface area contributed by atoms with Crippen molar-refractivity contribution in [1.29, 1.82) is 0 Å². The molecule has 1 aliphatic rings. The highest BCUT2D eigenvalue weighted by Gasteiger charge is 2.36. The van der Waals surface area contributed by atoms with Crippen molar-refractivity contribution in [2.45, 2.75) is 19.3 Å². The van der Waals surface area contributed by atoms with Gasteiger partial charge < -0.3 is 8.98 Å². The molecule has 0 spiro atoms. The van der Waals surface area contributed by atoms with Crippen LogP contribution in [0.15, 0.2) is 162 Å². The van der Waals surface area contributed by atoms with E-state index in [1.165, 1.54) is 22.3 Å². The Morgan fingerprint density at radius 2 is 1.21 bits per heavy atom. The van der Waals surface area contributed by atoms with E-state index >= 15 is 0 Å². The Bertz CT molecular complexity index is 3540. The molecule has 0 saturated heterocycles. The van der Waals surface area contributed by atoms with Gasteiger partial charge in [0.25, 0.3) is 0 Å². The van der Waals surface area contributed by atoms with E-state index in [4.69, 9.17) is 18.1 Å². The average Bonchev–Trinajstić information content (AvgIpc) is 3.90. The van der Waals surface area contributed by atoms with Gasteiger partial charge in [-0.1, -0.05) is 129 Å². The van der Waals surface area contributed by atoms with Crippen molar-refractivity contribution < 1.29 is 18.1 Å². The molecule has 0 saturated carbocycles. The third-order valence-corrected chi connectivity index (χ3v) is 10.4. The standard InChI is InChI=1S/C48H32N4O/c1-48(2)37-20-11-9-18-32(37)35-27-36-33-19-10-12-21-39(33)52(41(36)28-38(35)48)40-22-13-23-42-44(40)34-25-24-31(26-43(34)53-42)47-50-45(29-14-5-3-6-15-29)49-46(51-47)30-16-7-4-8-17-30/h3-28H,1-2H3/i3D,4D,5D,6D,7D,8D,14D,15D,16D,17D. The zero-order valence-electron chi connectivity index (χ0n) is 38.4. The quantitative estimate of drug-likeness (QED) is 0.184. The summed E-state index contributed by atoms with van der Waals surface area (Å²) in [4.78, 5) is 13.6. The number of furan rings is 1. The summed E-state index contributed by atoms with van der Waals surface area (Å²) >= 11 is 0. The Morgan fingerprint density at radius 1 is 0.528 bits per heavy atom. The highest BCUT2D eigenvalue weighted by molar-refractivity contribution is 6.15. The van der Waals surface area contributed by atoms with Crippen LogP contribution in [0.25, 0.3) is 94.7 Å². The van der Waals surface area contributed by atoms with E-state index < -0.39 is 60.4 Å². The van der Waals surface area contributed by atoms with Crippen molar-refractivity contribution in [3.05, 3.63) is 169 Å². The third-order valence-electron chi connectivity index (χ3n) is 10.4. The van der Waals surface area contributed by atoms with Crippen LogP contribution in [0.4, 0.5) is 0 Å². The fourth-order valence-corrected chi connectivity index (χ4v) is 8.01. The molecular formula is C48H32N4O. The fraction of sp³-hybridized carbons (Fsp3) is 0.0625. The number of benzene rings is 7. The Labute approximate surface area is 319 Å².